The van der Waals surface area contributed by atoms with Gasteiger partial charge in [0.1, 0.15) is 31.0 Å². The number of esters is 2. The highest BCUT2D eigenvalue weighted by Gasteiger charge is 2.41. The van der Waals surface area contributed by atoms with Crippen molar-refractivity contribution in [2.75, 3.05) is 7.11 Å². The number of aldehydes is 1. The summed E-state index contributed by atoms with van der Waals surface area (Å²) in [4.78, 5) is 52.3. The largest absolute Gasteiger partial charge is 0.497 e. The fourth-order valence-electron chi connectivity index (χ4n) is 3.59. The molecular weight excluding hydrogens is 510 g/mol. The number of nitrogens with one attached hydrogen (secondary N) is 1. The normalized spacial score (nSPS) is 13.2. The van der Waals surface area contributed by atoms with Crippen LogP contribution in [0.3, 0.4) is 0 Å². The third-order valence-corrected chi connectivity index (χ3v) is 5.58. The molecule has 0 aliphatic carbocycles. The van der Waals surface area contributed by atoms with Gasteiger partial charge < -0.3 is 34.1 Å². The van der Waals surface area contributed by atoms with Gasteiger partial charge in [-0.1, -0.05) is 38.1 Å². The van der Waals surface area contributed by atoms with Gasteiger partial charge in [-0.05, 0) is 54.2 Å². The van der Waals surface area contributed by atoms with Gasteiger partial charge in [0.2, 0.25) is 0 Å². The maximum absolute atomic E-state index is 12.8. The maximum atomic E-state index is 12.8. The summed E-state index contributed by atoms with van der Waals surface area (Å²) in [5, 5.41) is 19.8. The van der Waals surface area contributed by atoms with Crippen molar-refractivity contribution in [1.82, 2.24) is 5.48 Å². The first kappa shape index (κ1) is 31.3. The molecule has 0 aliphatic rings. The molecule has 1 unspecified atom stereocenters. The van der Waals surface area contributed by atoms with Gasteiger partial charge in [-0.3, -0.25) is 9.59 Å². The van der Waals surface area contributed by atoms with E-state index in [1.54, 1.807) is 55.6 Å². The Kier molecular flexibility index (Phi) is 12.4. The van der Waals surface area contributed by atoms with Crippen LogP contribution in [0.5, 0.6) is 11.5 Å². The highest BCUT2D eigenvalue weighted by atomic mass is 16.6. The van der Waals surface area contributed by atoms with Gasteiger partial charge in [-0.15, -0.1) is 5.48 Å². The highest BCUT2D eigenvalue weighted by molar-refractivity contribution is 5.85. The second-order valence-corrected chi connectivity index (χ2v) is 9.43. The second-order valence-electron chi connectivity index (χ2n) is 9.43. The standard InChI is InChI=1S/C28H35NO10/c1-19(2)14-28(35,15-26(33)37-17-20-4-9-23(36-3)10-5-20)27(34)38-18-21-6-11-24(12-7-21)39-29-22(16-30)8-13-25(31)32/h4-7,9-12,16,19,22,29,35H,8,13-15,17-18H2,1-3H3,(H,31,32)/t22-,28?/m1/s1. The average Bonchev–Trinajstić information content (AvgIpc) is 2.90. The van der Waals surface area contributed by atoms with E-state index in [0.717, 1.165) is 5.56 Å². The molecule has 39 heavy (non-hydrogen) atoms. The number of rotatable bonds is 17. The van der Waals surface area contributed by atoms with E-state index in [2.05, 4.69) is 5.48 Å². The zero-order valence-electron chi connectivity index (χ0n) is 22.3. The van der Waals surface area contributed by atoms with E-state index in [1.807, 2.05) is 13.8 Å². The van der Waals surface area contributed by atoms with Crippen molar-refractivity contribution in [2.45, 2.75) is 64.4 Å². The molecule has 0 radical (unpaired) electrons. The number of carboxylic acid groups (broad SMARTS) is 1. The third-order valence-electron chi connectivity index (χ3n) is 5.58. The molecule has 2 aromatic carbocycles. The summed E-state index contributed by atoms with van der Waals surface area (Å²) in [6, 6.07) is 12.5. The van der Waals surface area contributed by atoms with Gasteiger partial charge in [0, 0.05) is 6.42 Å². The summed E-state index contributed by atoms with van der Waals surface area (Å²) in [5.74, 6) is -1.79. The minimum atomic E-state index is -2.06. The van der Waals surface area contributed by atoms with Crippen LogP contribution in [0.1, 0.15) is 50.7 Å². The fraction of sp³-hybridized carbons (Fsp3) is 0.429. The summed E-state index contributed by atoms with van der Waals surface area (Å²) in [7, 11) is 1.55. The molecule has 0 heterocycles. The fourth-order valence-corrected chi connectivity index (χ4v) is 3.59. The number of hydroxylamine groups is 1. The van der Waals surface area contributed by atoms with E-state index in [-0.39, 0.29) is 38.4 Å². The first-order valence-corrected chi connectivity index (χ1v) is 12.4. The zero-order valence-corrected chi connectivity index (χ0v) is 22.3. The Hall–Kier alpha value is -3.96. The van der Waals surface area contributed by atoms with Crippen LogP contribution in [0.15, 0.2) is 48.5 Å². The molecule has 0 aromatic heterocycles. The topological polar surface area (TPSA) is 158 Å². The Bertz CT molecular complexity index is 1080. The lowest BCUT2D eigenvalue weighted by Crippen LogP contribution is -2.43. The van der Waals surface area contributed by atoms with E-state index in [9.17, 15) is 24.3 Å². The van der Waals surface area contributed by atoms with Crippen LogP contribution in [0.4, 0.5) is 0 Å². The van der Waals surface area contributed by atoms with Crippen molar-refractivity contribution in [3.8, 4) is 11.5 Å². The maximum Gasteiger partial charge on any atom is 0.339 e. The minimum absolute atomic E-state index is 0.00168. The molecule has 11 nitrogen and oxygen atoms in total. The third kappa shape index (κ3) is 11.1. The molecule has 0 bridgehead atoms. The number of aliphatic hydroxyl groups is 1. The number of benzene rings is 2. The van der Waals surface area contributed by atoms with Gasteiger partial charge in [0.15, 0.2) is 5.60 Å². The number of hydrogen-bond donors (Lipinski definition) is 3. The van der Waals surface area contributed by atoms with Crippen LogP contribution in [-0.4, -0.2) is 53.2 Å². The van der Waals surface area contributed by atoms with Crippen LogP contribution in [0.2, 0.25) is 0 Å². The first-order chi connectivity index (χ1) is 18.5. The molecule has 0 amide bonds. The minimum Gasteiger partial charge on any atom is -0.497 e. The molecule has 3 N–H and O–H groups in total. The number of carboxylic acids is 1. The molecule has 0 spiro atoms. The second kappa shape index (κ2) is 15.5. The van der Waals surface area contributed by atoms with E-state index in [1.165, 1.54) is 0 Å². The first-order valence-electron chi connectivity index (χ1n) is 12.4. The molecule has 2 rings (SSSR count). The summed E-state index contributed by atoms with van der Waals surface area (Å²) < 4.78 is 15.7. The highest BCUT2D eigenvalue weighted by Crippen LogP contribution is 2.25. The predicted molar refractivity (Wildman–Crippen MR) is 139 cm³/mol. The number of methoxy groups -OCH3 is 1. The van der Waals surface area contributed by atoms with Gasteiger partial charge in [-0.2, -0.15) is 0 Å². The SMILES string of the molecule is COc1ccc(COC(=O)CC(O)(CC(C)C)C(=O)OCc2ccc(ON[C@@H](C=O)CCC(=O)O)cc2)cc1. The Morgan fingerprint density at radius 3 is 2.03 bits per heavy atom. The predicted octanol–water partition coefficient (Wildman–Crippen LogP) is 2.96. The molecule has 0 saturated heterocycles. The Morgan fingerprint density at radius 1 is 0.949 bits per heavy atom. The zero-order chi connectivity index (χ0) is 28.8. The van der Waals surface area contributed by atoms with Gasteiger partial charge in [0.05, 0.1) is 19.6 Å². The van der Waals surface area contributed by atoms with Crippen LogP contribution < -0.4 is 15.1 Å². The van der Waals surface area contributed by atoms with Crippen molar-refractivity contribution < 1.29 is 48.4 Å². The van der Waals surface area contributed by atoms with Crippen molar-refractivity contribution in [3.63, 3.8) is 0 Å². The van der Waals surface area contributed by atoms with Crippen LogP contribution in [-0.2, 0) is 41.9 Å². The molecule has 0 fully saturated rings. The number of ether oxygens (including phenoxy) is 3. The summed E-state index contributed by atoms with van der Waals surface area (Å²) in [6.07, 6.45) is -0.112. The summed E-state index contributed by atoms with van der Waals surface area (Å²) in [6.45, 7) is 3.44. The van der Waals surface area contributed by atoms with Crippen LogP contribution in [0, 0.1) is 5.92 Å². The Morgan fingerprint density at radius 2 is 1.51 bits per heavy atom. The van der Waals surface area contributed by atoms with Crippen molar-refractivity contribution in [1.29, 1.82) is 0 Å². The van der Waals surface area contributed by atoms with Crippen LogP contribution in [0.25, 0.3) is 0 Å². The van der Waals surface area contributed by atoms with Gasteiger partial charge in [-0.25, -0.2) is 4.79 Å². The summed E-state index contributed by atoms with van der Waals surface area (Å²) >= 11 is 0. The van der Waals surface area contributed by atoms with Crippen molar-refractivity contribution >= 4 is 24.2 Å². The summed E-state index contributed by atoms with van der Waals surface area (Å²) in [5.41, 5.74) is 1.75. The number of carbonyl (C=O) groups is 4. The smallest absolute Gasteiger partial charge is 0.339 e. The van der Waals surface area contributed by atoms with Crippen molar-refractivity contribution in [2.24, 2.45) is 5.92 Å². The number of hydrogen-bond acceptors (Lipinski definition) is 10. The Balaban J connectivity index is 1.90. The molecular formula is C28H35NO10. The van der Waals surface area contributed by atoms with Crippen LogP contribution >= 0.6 is 0 Å². The van der Waals surface area contributed by atoms with E-state index in [0.29, 0.717) is 23.3 Å². The molecule has 212 valence electrons. The van der Waals surface area contributed by atoms with Crippen molar-refractivity contribution in [3.05, 3.63) is 59.7 Å². The van der Waals surface area contributed by atoms with Gasteiger partial charge in [0.25, 0.3) is 0 Å². The molecule has 0 saturated carbocycles. The lowest BCUT2D eigenvalue weighted by Gasteiger charge is -2.27. The molecule has 0 aliphatic heterocycles. The van der Waals surface area contributed by atoms with E-state index < -0.39 is 36.0 Å². The lowest BCUT2D eigenvalue weighted by atomic mass is 9.89. The molecule has 2 atom stereocenters. The quantitative estimate of drug-likeness (QED) is 0.152. The molecule has 2 aromatic rings. The van der Waals surface area contributed by atoms with E-state index >= 15 is 0 Å². The van der Waals surface area contributed by atoms with E-state index in [4.69, 9.17) is 24.2 Å². The Labute approximate surface area is 227 Å². The number of carbonyl (C=O) groups excluding carboxylic acids is 3. The number of aliphatic carboxylic acids is 1. The lowest BCUT2D eigenvalue weighted by molar-refractivity contribution is -0.175. The monoisotopic (exact) mass is 545 g/mol. The average molecular weight is 546 g/mol. The molecule has 11 heteroatoms. The van der Waals surface area contributed by atoms with Gasteiger partial charge >= 0.3 is 17.9 Å².